The van der Waals surface area contributed by atoms with Gasteiger partial charge in [0.05, 0.1) is 26.4 Å². The Morgan fingerprint density at radius 1 is 0.301 bits per heavy atom. The summed E-state index contributed by atoms with van der Waals surface area (Å²) >= 11 is 0. The average molecular weight is 1370 g/mol. The molecule has 0 radical (unpaired) electrons. The summed E-state index contributed by atoms with van der Waals surface area (Å²) in [6.45, 7) is 14.1. The fourth-order valence-corrected chi connectivity index (χ4v) is 12.7. The number of hydrogen-bond donors (Lipinski definition) is 3. The Labute approximate surface area is 568 Å². The van der Waals surface area contributed by atoms with E-state index in [2.05, 4.69) is 55.4 Å². The van der Waals surface area contributed by atoms with Crippen molar-refractivity contribution >= 4 is 39.5 Å². The Balaban J connectivity index is 5.18. The molecule has 17 nitrogen and oxygen atoms in total. The minimum absolute atomic E-state index is 0.103. The molecule has 6 atom stereocenters. The van der Waals surface area contributed by atoms with E-state index in [-0.39, 0.29) is 25.7 Å². The zero-order valence-electron chi connectivity index (χ0n) is 60.9. The lowest BCUT2D eigenvalue weighted by Crippen LogP contribution is -2.30. The van der Waals surface area contributed by atoms with Crippen LogP contribution in [0.1, 0.15) is 370 Å². The lowest BCUT2D eigenvalue weighted by molar-refractivity contribution is -0.161. The van der Waals surface area contributed by atoms with E-state index < -0.39 is 97.5 Å². The Kier molecular flexibility index (Phi) is 62.2. The van der Waals surface area contributed by atoms with Crippen molar-refractivity contribution in [1.82, 2.24) is 0 Å². The number of carbonyl (C=O) groups excluding carboxylic acids is 4. The molecule has 0 saturated heterocycles. The number of aliphatic hydroxyl groups excluding tert-OH is 1. The fraction of sp³-hybridized carbons (Fsp3) is 0.946. The highest BCUT2D eigenvalue weighted by Crippen LogP contribution is 2.45. The van der Waals surface area contributed by atoms with E-state index in [1.165, 1.54) is 167 Å². The molecule has 0 bridgehead atoms. The summed E-state index contributed by atoms with van der Waals surface area (Å²) in [6.07, 6.45) is 47.5. The first-order valence-electron chi connectivity index (χ1n) is 38.2. The van der Waals surface area contributed by atoms with Crippen LogP contribution in [0.25, 0.3) is 0 Å². The number of aliphatic hydroxyl groups is 1. The van der Waals surface area contributed by atoms with Crippen LogP contribution in [0.5, 0.6) is 0 Å². The molecule has 0 aromatic rings. The second-order valence-electron chi connectivity index (χ2n) is 28.4. The maximum absolute atomic E-state index is 13.1. The molecular formula is C74H144O17P2. The van der Waals surface area contributed by atoms with Gasteiger partial charge < -0.3 is 33.8 Å². The lowest BCUT2D eigenvalue weighted by Gasteiger charge is -2.21. The number of rotatable bonds is 71. The van der Waals surface area contributed by atoms with Gasteiger partial charge in [0.2, 0.25) is 0 Å². The largest absolute Gasteiger partial charge is 0.472 e. The van der Waals surface area contributed by atoms with E-state index in [9.17, 15) is 43.2 Å². The summed E-state index contributed by atoms with van der Waals surface area (Å²) < 4.78 is 68.4. The molecule has 93 heavy (non-hydrogen) atoms. The molecule has 0 rings (SSSR count). The molecule has 0 heterocycles. The van der Waals surface area contributed by atoms with Gasteiger partial charge in [-0.3, -0.25) is 37.3 Å². The topological polar surface area (TPSA) is 237 Å². The first kappa shape index (κ1) is 91.1. The van der Waals surface area contributed by atoms with Crippen molar-refractivity contribution < 1.29 is 80.2 Å². The van der Waals surface area contributed by atoms with Crippen LogP contribution in [0.3, 0.4) is 0 Å². The van der Waals surface area contributed by atoms with Gasteiger partial charge in [0.1, 0.15) is 19.3 Å². The number of ether oxygens (including phenoxy) is 4. The second-order valence-corrected chi connectivity index (χ2v) is 31.3. The van der Waals surface area contributed by atoms with Crippen molar-refractivity contribution in [2.24, 2.45) is 23.7 Å². The maximum Gasteiger partial charge on any atom is 0.472 e. The van der Waals surface area contributed by atoms with E-state index in [1.807, 2.05) is 0 Å². The SMILES string of the molecule is CCC(C)CCCCCCCCCCC(=O)O[C@H](COC(=O)CCCCCCCCC(C)C)COP(=O)(O)OC[C@H](O)COP(=O)(O)OC[C@@H](COC(=O)CCCCCCCCCCC(C)C)OC(=O)CCCCCCCCCCCCCCCCCCCCC(C)C. The van der Waals surface area contributed by atoms with Gasteiger partial charge >= 0.3 is 39.5 Å². The molecule has 3 unspecified atom stereocenters. The van der Waals surface area contributed by atoms with E-state index >= 15 is 0 Å². The van der Waals surface area contributed by atoms with Gasteiger partial charge in [0.15, 0.2) is 12.2 Å². The van der Waals surface area contributed by atoms with Crippen LogP contribution in [0, 0.1) is 23.7 Å². The second kappa shape index (κ2) is 63.5. The van der Waals surface area contributed by atoms with E-state index in [1.54, 1.807) is 0 Å². The van der Waals surface area contributed by atoms with Crippen LogP contribution in [-0.4, -0.2) is 96.7 Å². The van der Waals surface area contributed by atoms with Gasteiger partial charge in [-0.05, 0) is 49.4 Å². The van der Waals surface area contributed by atoms with Crippen LogP contribution in [-0.2, 0) is 65.4 Å². The molecule has 552 valence electrons. The van der Waals surface area contributed by atoms with Gasteiger partial charge in [-0.25, -0.2) is 9.13 Å². The molecule has 19 heteroatoms. The number of hydrogen-bond acceptors (Lipinski definition) is 15. The van der Waals surface area contributed by atoms with Gasteiger partial charge in [-0.2, -0.15) is 0 Å². The Morgan fingerprint density at radius 2 is 0.516 bits per heavy atom. The summed E-state index contributed by atoms with van der Waals surface area (Å²) in [5, 5.41) is 10.6. The molecular weight excluding hydrogens is 1220 g/mol. The van der Waals surface area contributed by atoms with Crippen LogP contribution in [0.15, 0.2) is 0 Å². The number of unbranched alkanes of at least 4 members (excludes halogenated alkanes) is 36. The molecule has 0 aliphatic heterocycles. The lowest BCUT2D eigenvalue weighted by atomic mass is 9.99. The predicted molar refractivity (Wildman–Crippen MR) is 377 cm³/mol. The molecule has 0 saturated carbocycles. The van der Waals surface area contributed by atoms with Gasteiger partial charge in [0.25, 0.3) is 0 Å². The monoisotopic (exact) mass is 1370 g/mol. The van der Waals surface area contributed by atoms with Gasteiger partial charge in [-0.15, -0.1) is 0 Å². The van der Waals surface area contributed by atoms with Crippen LogP contribution in [0.2, 0.25) is 0 Å². The highest BCUT2D eigenvalue weighted by Gasteiger charge is 2.30. The third kappa shape index (κ3) is 67.0. The number of esters is 4. The highest BCUT2D eigenvalue weighted by atomic mass is 31.2. The predicted octanol–water partition coefficient (Wildman–Crippen LogP) is 21.3. The summed E-state index contributed by atoms with van der Waals surface area (Å²) in [5.74, 6) is 0.867. The summed E-state index contributed by atoms with van der Waals surface area (Å²) in [7, 11) is -9.91. The van der Waals surface area contributed by atoms with Crippen LogP contribution in [0.4, 0.5) is 0 Å². The molecule has 3 N–H and O–H groups in total. The molecule has 0 aromatic heterocycles. The molecule has 0 aliphatic carbocycles. The Morgan fingerprint density at radius 3 is 0.763 bits per heavy atom. The highest BCUT2D eigenvalue weighted by molar-refractivity contribution is 7.47. The third-order valence-electron chi connectivity index (χ3n) is 17.4. The smallest absolute Gasteiger partial charge is 0.462 e. The molecule has 0 fully saturated rings. The van der Waals surface area contributed by atoms with Crippen molar-refractivity contribution in [1.29, 1.82) is 0 Å². The van der Waals surface area contributed by atoms with Crippen LogP contribution >= 0.6 is 15.6 Å². The van der Waals surface area contributed by atoms with Crippen molar-refractivity contribution in [2.45, 2.75) is 388 Å². The van der Waals surface area contributed by atoms with E-state index in [4.69, 9.17) is 37.0 Å². The van der Waals surface area contributed by atoms with E-state index in [0.717, 1.165) is 114 Å². The van der Waals surface area contributed by atoms with Crippen LogP contribution < -0.4 is 0 Å². The first-order chi connectivity index (χ1) is 44.6. The van der Waals surface area contributed by atoms with Gasteiger partial charge in [0, 0.05) is 25.7 Å². The summed E-state index contributed by atoms with van der Waals surface area (Å²) in [6, 6.07) is 0. The number of phosphoric acid groups is 2. The quantitative estimate of drug-likeness (QED) is 0.0222. The van der Waals surface area contributed by atoms with Crippen molar-refractivity contribution in [3.63, 3.8) is 0 Å². The fourth-order valence-electron chi connectivity index (χ4n) is 11.2. The maximum atomic E-state index is 13.1. The molecule has 0 spiro atoms. The molecule has 0 aliphatic rings. The summed E-state index contributed by atoms with van der Waals surface area (Å²) in [4.78, 5) is 72.6. The summed E-state index contributed by atoms with van der Waals surface area (Å²) in [5.41, 5.74) is 0. The minimum Gasteiger partial charge on any atom is -0.462 e. The number of phosphoric ester groups is 2. The average Bonchev–Trinajstić information content (AvgIpc) is 2.82. The first-order valence-corrected chi connectivity index (χ1v) is 41.2. The molecule has 0 aromatic carbocycles. The Hall–Kier alpha value is -1.94. The van der Waals surface area contributed by atoms with Crippen molar-refractivity contribution in [2.75, 3.05) is 39.6 Å². The Bertz CT molecular complexity index is 1840. The van der Waals surface area contributed by atoms with Gasteiger partial charge in [-0.1, -0.05) is 319 Å². The normalized spacial score (nSPS) is 14.5. The van der Waals surface area contributed by atoms with Crippen molar-refractivity contribution in [3.05, 3.63) is 0 Å². The van der Waals surface area contributed by atoms with Crippen molar-refractivity contribution in [3.8, 4) is 0 Å². The standard InChI is InChI=1S/C74H144O17P2/c1-9-67(8)53-45-37-28-23-25-31-41-49-57-74(79)91-70(61-85-72(77)55-47-39-33-32-36-44-52-66(6)7)63-89-93(82,83)87-59-68(75)58-86-92(80,81)88-62-69(60-84-71(76)54-46-38-29-24-22-27-35-43-51-65(4)5)90-73(78)56-48-40-30-21-19-17-15-13-11-10-12-14-16-18-20-26-34-42-50-64(2)3/h64-70,75H,9-63H2,1-8H3,(H,80,81)(H,82,83)/t67?,68-,69-,70-/m1/s1. The minimum atomic E-state index is -4.96. The zero-order valence-corrected chi connectivity index (χ0v) is 62.7. The number of carbonyl (C=O) groups is 4. The van der Waals surface area contributed by atoms with E-state index in [0.29, 0.717) is 31.6 Å². The molecule has 0 amide bonds. The third-order valence-corrected chi connectivity index (χ3v) is 19.3. The zero-order chi connectivity index (χ0) is 68.9.